The van der Waals surface area contributed by atoms with E-state index in [0.717, 1.165) is 5.56 Å². The Hall–Kier alpha value is -4.02. The third-order valence-corrected chi connectivity index (χ3v) is 4.98. The fourth-order valence-electron chi connectivity index (χ4n) is 3.10. The lowest BCUT2D eigenvalue weighted by Crippen LogP contribution is -2.35. The predicted molar refractivity (Wildman–Crippen MR) is 123 cm³/mol. The zero-order valence-electron chi connectivity index (χ0n) is 19.3. The van der Waals surface area contributed by atoms with Gasteiger partial charge in [-0.05, 0) is 35.4 Å². The lowest BCUT2D eigenvalue weighted by Gasteiger charge is -2.20. The smallest absolute Gasteiger partial charge is 0.407 e. The molecule has 0 aliphatic carbocycles. The number of furan rings is 1. The van der Waals surface area contributed by atoms with Gasteiger partial charge in [0.05, 0.1) is 14.2 Å². The van der Waals surface area contributed by atoms with Crippen LogP contribution < -0.4 is 14.8 Å². The molecule has 35 heavy (non-hydrogen) atoms. The van der Waals surface area contributed by atoms with Gasteiger partial charge in [0.15, 0.2) is 11.5 Å². The maximum atomic E-state index is 11.9. The molecule has 0 aliphatic heterocycles. The number of hydrogen-bond acceptors (Lipinski definition) is 9. The van der Waals surface area contributed by atoms with Crippen molar-refractivity contribution in [2.45, 2.75) is 25.4 Å². The molecule has 0 bridgehead atoms. The maximum Gasteiger partial charge on any atom is 0.407 e. The van der Waals surface area contributed by atoms with E-state index in [1.807, 2.05) is 30.3 Å². The number of carbonyl (C=O) groups excluding carboxylic acids is 2. The molecule has 0 aliphatic rings. The van der Waals surface area contributed by atoms with Crippen molar-refractivity contribution in [1.29, 1.82) is 0 Å². The summed E-state index contributed by atoms with van der Waals surface area (Å²) < 4.78 is 26.1. The van der Waals surface area contributed by atoms with E-state index >= 15 is 0 Å². The van der Waals surface area contributed by atoms with E-state index in [1.54, 1.807) is 18.2 Å². The number of benzene rings is 2. The van der Waals surface area contributed by atoms with Crippen LogP contribution in [0.3, 0.4) is 0 Å². The van der Waals surface area contributed by atoms with Crippen LogP contribution in [0, 0.1) is 0 Å². The molecule has 0 radical (unpaired) electrons. The van der Waals surface area contributed by atoms with Gasteiger partial charge in [0.25, 0.3) is 0 Å². The Morgan fingerprint density at radius 2 is 1.74 bits per heavy atom. The standard InChI is InChI=1S/C25H27NO9/c1-31-22-12-17(8-10-20(22)33-15-18-9-11-21(35-18)24(29)32-2)23(28)19(27)13-26-25(30)34-14-16-6-4-3-5-7-16/h3-12,19,23,27-28H,13-15H2,1-2H3,(H,26,30). The highest BCUT2D eigenvalue weighted by atomic mass is 16.6. The first-order valence-electron chi connectivity index (χ1n) is 10.7. The van der Waals surface area contributed by atoms with Gasteiger partial charge in [0, 0.05) is 6.54 Å². The maximum absolute atomic E-state index is 11.9. The number of amides is 1. The fourth-order valence-corrected chi connectivity index (χ4v) is 3.10. The molecule has 1 aromatic heterocycles. The molecular formula is C25H27NO9. The summed E-state index contributed by atoms with van der Waals surface area (Å²) in [7, 11) is 2.69. The lowest BCUT2D eigenvalue weighted by molar-refractivity contribution is 0.0182. The van der Waals surface area contributed by atoms with Gasteiger partial charge in [-0.25, -0.2) is 9.59 Å². The first-order chi connectivity index (χ1) is 16.9. The summed E-state index contributed by atoms with van der Waals surface area (Å²) in [6.45, 7) is -0.116. The van der Waals surface area contributed by atoms with Crippen LogP contribution in [-0.2, 0) is 22.7 Å². The van der Waals surface area contributed by atoms with Crippen molar-refractivity contribution in [1.82, 2.24) is 5.32 Å². The summed E-state index contributed by atoms with van der Waals surface area (Å²) in [6, 6.07) is 16.9. The SMILES string of the molecule is COC(=O)c1ccc(COc2ccc(C(O)C(O)CNC(=O)OCc3ccccc3)cc2OC)o1. The summed E-state index contributed by atoms with van der Waals surface area (Å²) in [5.74, 6) is 0.533. The summed E-state index contributed by atoms with van der Waals surface area (Å²) in [5, 5.41) is 23.3. The Kier molecular flexibility index (Phi) is 9.10. The Balaban J connectivity index is 1.52. The van der Waals surface area contributed by atoms with Crippen molar-refractivity contribution in [2.24, 2.45) is 0 Å². The van der Waals surface area contributed by atoms with Gasteiger partial charge in [-0.3, -0.25) is 0 Å². The number of methoxy groups -OCH3 is 2. The highest BCUT2D eigenvalue weighted by molar-refractivity contribution is 5.86. The first-order valence-corrected chi connectivity index (χ1v) is 10.7. The zero-order valence-corrected chi connectivity index (χ0v) is 19.3. The molecule has 3 N–H and O–H groups in total. The number of esters is 1. The summed E-state index contributed by atoms with van der Waals surface area (Å²) in [4.78, 5) is 23.4. The Labute approximate surface area is 202 Å². The number of rotatable bonds is 11. The minimum Gasteiger partial charge on any atom is -0.493 e. The summed E-state index contributed by atoms with van der Waals surface area (Å²) >= 11 is 0. The van der Waals surface area contributed by atoms with Gasteiger partial charge >= 0.3 is 12.1 Å². The van der Waals surface area contributed by atoms with Crippen LogP contribution >= 0.6 is 0 Å². The van der Waals surface area contributed by atoms with Crippen LogP contribution in [0.25, 0.3) is 0 Å². The molecule has 2 atom stereocenters. The van der Waals surface area contributed by atoms with E-state index in [2.05, 4.69) is 10.1 Å². The highest BCUT2D eigenvalue weighted by Crippen LogP contribution is 2.32. The van der Waals surface area contributed by atoms with Crippen LogP contribution in [0.5, 0.6) is 11.5 Å². The van der Waals surface area contributed by atoms with Gasteiger partial charge in [-0.15, -0.1) is 0 Å². The number of carbonyl (C=O) groups is 2. The molecule has 0 fully saturated rings. The molecule has 10 nitrogen and oxygen atoms in total. The average Bonchev–Trinajstić information content (AvgIpc) is 3.38. The van der Waals surface area contributed by atoms with E-state index in [4.69, 9.17) is 18.6 Å². The number of alkyl carbamates (subject to hydrolysis) is 1. The van der Waals surface area contributed by atoms with Crippen molar-refractivity contribution in [3.63, 3.8) is 0 Å². The monoisotopic (exact) mass is 485 g/mol. The lowest BCUT2D eigenvalue weighted by atomic mass is 10.0. The average molecular weight is 485 g/mol. The van der Waals surface area contributed by atoms with E-state index in [1.165, 1.54) is 26.4 Å². The van der Waals surface area contributed by atoms with Gasteiger partial charge < -0.3 is 38.9 Å². The molecule has 3 aromatic rings. The van der Waals surface area contributed by atoms with Crippen molar-refractivity contribution in [3.05, 3.63) is 83.3 Å². The number of aliphatic hydroxyl groups is 2. The number of nitrogens with one attached hydrogen (secondary N) is 1. The largest absolute Gasteiger partial charge is 0.493 e. The van der Waals surface area contributed by atoms with Gasteiger partial charge in [0.1, 0.15) is 31.2 Å². The number of aliphatic hydroxyl groups excluding tert-OH is 2. The van der Waals surface area contributed by atoms with Gasteiger partial charge in [-0.2, -0.15) is 0 Å². The van der Waals surface area contributed by atoms with E-state index in [0.29, 0.717) is 22.8 Å². The fraction of sp³-hybridized carbons (Fsp3) is 0.280. The predicted octanol–water partition coefficient (Wildman–Crippen LogP) is 2.97. The molecular weight excluding hydrogens is 458 g/mol. The van der Waals surface area contributed by atoms with E-state index in [9.17, 15) is 19.8 Å². The van der Waals surface area contributed by atoms with Gasteiger partial charge in [0.2, 0.25) is 5.76 Å². The molecule has 2 aromatic carbocycles. The van der Waals surface area contributed by atoms with Gasteiger partial charge in [-0.1, -0.05) is 36.4 Å². The third-order valence-electron chi connectivity index (χ3n) is 4.98. The minimum absolute atomic E-state index is 0.0207. The normalized spacial score (nSPS) is 12.3. The number of hydrogen-bond donors (Lipinski definition) is 3. The second-order valence-electron chi connectivity index (χ2n) is 7.41. The first kappa shape index (κ1) is 25.6. The summed E-state index contributed by atoms with van der Waals surface area (Å²) in [5.41, 5.74) is 1.18. The van der Waals surface area contributed by atoms with Crippen molar-refractivity contribution >= 4 is 12.1 Å². The van der Waals surface area contributed by atoms with Crippen molar-refractivity contribution in [2.75, 3.05) is 20.8 Å². The third kappa shape index (κ3) is 7.23. The Bertz CT molecular complexity index is 1110. The van der Waals surface area contributed by atoms with Crippen LogP contribution in [0.2, 0.25) is 0 Å². The summed E-state index contributed by atoms with van der Waals surface area (Å²) in [6.07, 6.45) is -3.31. The topological polar surface area (TPSA) is 137 Å². The van der Waals surface area contributed by atoms with Crippen molar-refractivity contribution < 1.29 is 43.2 Å². The molecule has 2 unspecified atom stereocenters. The number of ether oxygens (including phenoxy) is 4. The van der Waals surface area contributed by atoms with Crippen molar-refractivity contribution in [3.8, 4) is 11.5 Å². The second-order valence-corrected chi connectivity index (χ2v) is 7.41. The van der Waals surface area contributed by atoms with Crippen LogP contribution in [0.4, 0.5) is 4.79 Å². The molecule has 0 spiro atoms. The Morgan fingerprint density at radius 1 is 0.971 bits per heavy atom. The minimum atomic E-state index is -1.31. The van der Waals surface area contributed by atoms with Crippen LogP contribution in [0.15, 0.2) is 65.1 Å². The quantitative estimate of drug-likeness (QED) is 0.350. The second kappa shape index (κ2) is 12.4. The highest BCUT2D eigenvalue weighted by Gasteiger charge is 2.21. The molecule has 0 saturated heterocycles. The zero-order chi connectivity index (χ0) is 25.2. The molecule has 1 heterocycles. The van der Waals surface area contributed by atoms with Crippen LogP contribution in [-0.4, -0.2) is 49.1 Å². The molecule has 10 heteroatoms. The molecule has 0 saturated carbocycles. The van der Waals surface area contributed by atoms with Crippen LogP contribution in [0.1, 0.15) is 33.5 Å². The Morgan fingerprint density at radius 3 is 2.46 bits per heavy atom. The van der Waals surface area contributed by atoms with E-state index < -0.39 is 24.3 Å². The molecule has 186 valence electrons. The molecule has 1 amide bonds. The molecule has 3 rings (SSSR count). The van der Waals surface area contributed by atoms with E-state index in [-0.39, 0.29) is 25.5 Å².